The first kappa shape index (κ1) is 8.14. The Morgan fingerprint density at radius 1 is 1.55 bits per heavy atom. The van der Waals surface area contributed by atoms with E-state index in [1.165, 1.54) is 6.07 Å². The smallest absolute Gasteiger partial charge is 0.146 e. The normalized spacial score (nSPS) is 10.5. The van der Waals surface area contributed by atoms with Crippen LogP contribution in [0.15, 0.2) is 18.3 Å². The van der Waals surface area contributed by atoms with Gasteiger partial charge in [0.1, 0.15) is 5.82 Å². The zero-order valence-corrected chi connectivity index (χ0v) is 6.71. The minimum Gasteiger partial charge on any atom is -0.303 e. The molecule has 0 N–H and O–H groups in total. The van der Waals surface area contributed by atoms with Gasteiger partial charge in [-0.25, -0.2) is 4.39 Å². The highest BCUT2D eigenvalue weighted by molar-refractivity contribution is 5.06. The van der Waals surface area contributed by atoms with E-state index >= 15 is 0 Å². The number of hydrogen-bond donors (Lipinski definition) is 0. The maximum Gasteiger partial charge on any atom is 0.146 e. The summed E-state index contributed by atoms with van der Waals surface area (Å²) in [6.45, 7) is 0.548. The maximum atomic E-state index is 12.9. The number of hydrogen-bond acceptors (Lipinski definition) is 2. The molecule has 0 aliphatic carbocycles. The Bertz CT molecular complexity index is 235. The highest BCUT2D eigenvalue weighted by atomic mass is 19.1. The van der Waals surface area contributed by atoms with E-state index in [-0.39, 0.29) is 5.82 Å². The molecule has 2 nitrogen and oxygen atoms in total. The van der Waals surface area contributed by atoms with Crippen LogP contribution in [0.2, 0.25) is 0 Å². The van der Waals surface area contributed by atoms with Crippen LogP contribution in [-0.2, 0) is 6.54 Å². The minimum absolute atomic E-state index is 0.235. The molecule has 1 aromatic rings. The first-order valence-corrected chi connectivity index (χ1v) is 3.44. The molecule has 0 saturated carbocycles. The molecule has 0 fully saturated rings. The fraction of sp³-hybridized carbons (Fsp3) is 0.375. The van der Waals surface area contributed by atoms with Gasteiger partial charge in [0.05, 0.1) is 5.69 Å². The summed E-state index contributed by atoms with van der Waals surface area (Å²) in [7, 11) is 3.77. The molecule has 60 valence electrons. The second-order valence-corrected chi connectivity index (χ2v) is 2.67. The summed E-state index contributed by atoms with van der Waals surface area (Å²) in [4.78, 5) is 5.78. The van der Waals surface area contributed by atoms with Gasteiger partial charge in [0.15, 0.2) is 0 Å². The molecule has 0 spiro atoms. The molecule has 0 amide bonds. The highest BCUT2D eigenvalue weighted by Crippen LogP contribution is 2.03. The van der Waals surface area contributed by atoms with E-state index < -0.39 is 0 Å². The largest absolute Gasteiger partial charge is 0.303 e. The lowest BCUT2D eigenvalue weighted by atomic mass is 10.3. The molecule has 1 rings (SSSR count). The van der Waals surface area contributed by atoms with Crippen molar-refractivity contribution in [1.29, 1.82) is 0 Å². The molecule has 11 heavy (non-hydrogen) atoms. The van der Waals surface area contributed by atoms with E-state index in [1.807, 2.05) is 19.0 Å². The number of nitrogens with zero attached hydrogens (tertiary/aromatic N) is 2. The van der Waals surface area contributed by atoms with Crippen molar-refractivity contribution in [2.45, 2.75) is 6.54 Å². The van der Waals surface area contributed by atoms with Gasteiger partial charge in [-0.2, -0.15) is 0 Å². The maximum absolute atomic E-state index is 12.9. The molecule has 0 atom stereocenters. The van der Waals surface area contributed by atoms with Crippen molar-refractivity contribution in [3.63, 3.8) is 0 Å². The number of rotatable bonds is 2. The Morgan fingerprint density at radius 3 is 2.82 bits per heavy atom. The Morgan fingerprint density at radius 2 is 2.27 bits per heavy atom. The average molecular weight is 154 g/mol. The summed E-state index contributed by atoms with van der Waals surface area (Å²) in [6.07, 6.45) is 1.60. The summed E-state index contributed by atoms with van der Waals surface area (Å²) in [5.74, 6) is -0.235. The van der Waals surface area contributed by atoms with E-state index in [4.69, 9.17) is 0 Å². The average Bonchev–Trinajstić information content (AvgIpc) is 1.93. The van der Waals surface area contributed by atoms with Gasteiger partial charge in [-0.1, -0.05) is 0 Å². The lowest BCUT2D eigenvalue weighted by Gasteiger charge is -2.08. The Hall–Kier alpha value is -0.960. The predicted molar refractivity (Wildman–Crippen MR) is 41.6 cm³/mol. The summed E-state index contributed by atoms with van der Waals surface area (Å²) in [5.41, 5.74) is 0.498. The van der Waals surface area contributed by atoms with Crippen LogP contribution in [0.1, 0.15) is 5.69 Å². The molecule has 0 unspecified atom stereocenters. The molecule has 0 aliphatic rings. The summed E-state index contributed by atoms with van der Waals surface area (Å²) >= 11 is 0. The third kappa shape index (κ3) is 2.27. The third-order valence-electron chi connectivity index (χ3n) is 1.30. The molecule has 1 heterocycles. The molecule has 0 radical (unpaired) electrons. The van der Waals surface area contributed by atoms with Crippen molar-refractivity contribution in [1.82, 2.24) is 9.88 Å². The van der Waals surface area contributed by atoms with Gasteiger partial charge in [-0.05, 0) is 26.2 Å². The first-order chi connectivity index (χ1) is 5.20. The van der Waals surface area contributed by atoms with Gasteiger partial charge in [-0.3, -0.25) is 4.98 Å². The summed E-state index contributed by atoms with van der Waals surface area (Å²) in [6, 6.07) is 3.01. The molecule has 0 bridgehead atoms. The van der Waals surface area contributed by atoms with E-state index in [1.54, 1.807) is 12.3 Å². The van der Waals surface area contributed by atoms with Gasteiger partial charge in [-0.15, -0.1) is 0 Å². The van der Waals surface area contributed by atoms with Gasteiger partial charge < -0.3 is 4.90 Å². The van der Waals surface area contributed by atoms with Crippen LogP contribution in [0.25, 0.3) is 0 Å². The zero-order chi connectivity index (χ0) is 8.27. The first-order valence-electron chi connectivity index (χ1n) is 3.44. The molecule has 1 aromatic heterocycles. The van der Waals surface area contributed by atoms with Crippen molar-refractivity contribution >= 4 is 0 Å². The van der Waals surface area contributed by atoms with E-state index in [0.29, 0.717) is 12.2 Å². The van der Waals surface area contributed by atoms with Crippen molar-refractivity contribution in [3.8, 4) is 0 Å². The molecule has 0 aliphatic heterocycles. The standard InChI is InChI=1S/C8H11FN2/c1-11(2)6-8-7(9)4-3-5-10-8/h3-5H,6H2,1-2H3. The highest BCUT2D eigenvalue weighted by Gasteiger charge is 2.01. The van der Waals surface area contributed by atoms with Gasteiger partial charge in [0, 0.05) is 12.7 Å². The SMILES string of the molecule is CN(C)Cc1ncccc1F. The van der Waals surface area contributed by atoms with Gasteiger partial charge in [0.2, 0.25) is 0 Å². The van der Waals surface area contributed by atoms with Crippen LogP contribution < -0.4 is 0 Å². The number of pyridine rings is 1. The van der Waals surface area contributed by atoms with E-state index in [9.17, 15) is 4.39 Å². The molecule has 0 saturated heterocycles. The second kappa shape index (κ2) is 3.44. The van der Waals surface area contributed by atoms with Gasteiger partial charge >= 0.3 is 0 Å². The van der Waals surface area contributed by atoms with Crippen molar-refractivity contribution in [2.75, 3.05) is 14.1 Å². The lowest BCUT2D eigenvalue weighted by molar-refractivity contribution is 0.385. The molecular formula is C8H11FN2. The number of halogens is 1. The van der Waals surface area contributed by atoms with Crippen molar-refractivity contribution in [3.05, 3.63) is 29.8 Å². The topological polar surface area (TPSA) is 16.1 Å². The molecule has 0 aromatic carbocycles. The van der Waals surface area contributed by atoms with Gasteiger partial charge in [0.25, 0.3) is 0 Å². The second-order valence-electron chi connectivity index (χ2n) is 2.67. The Balaban J connectivity index is 2.78. The fourth-order valence-electron chi connectivity index (χ4n) is 0.834. The zero-order valence-electron chi connectivity index (χ0n) is 6.71. The van der Waals surface area contributed by atoms with Crippen LogP contribution in [0, 0.1) is 5.82 Å². The summed E-state index contributed by atoms with van der Waals surface area (Å²) in [5, 5.41) is 0. The summed E-state index contributed by atoms with van der Waals surface area (Å²) < 4.78 is 12.9. The minimum atomic E-state index is -0.235. The van der Waals surface area contributed by atoms with E-state index in [0.717, 1.165) is 0 Å². The van der Waals surface area contributed by atoms with Crippen LogP contribution >= 0.6 is 0 Å². The number of aromatic nitrogens is 1. The molecular weight excluding hydrogens is 143 g/mol. The molecule has 3 heteroatoms. The Kier molecular flexibility index (Phi) is 2.54. The lowest BCUT2D eigenvalue weighted by Crippen LogP contribution is -2.13. The fourth-order valence-corrected chi connectivity index (χ4v) is 0.834. The van der Waals surface area contributed by atoms with Crippen molar-refractivity contribution in [2.24, 2.45) is 0 Å². The monoisotopic (exact) mass is 154 g/mol. The predicted octanol–water partition coefficient (Wildman–Crippen LogP) is 1.28. The van der Waals surface area contributed by atoms with Crippen LogP contribution in [-0.4, -0.2) is 24.0 Å². The quantitative estimate of drug-likeness (QED) is 0.638. The third-order valence-corrected chi connectivity index (χ3v) is 1.30. The Labute approximate surface area is 65.7 Å². The van der Waals surface area contributed by atoms with Crippen LogP contribution in [0.5, 0.6) is 0 Å². The van der Waals surface area contributed by atoms with Crippen LogP contribution in [0.3, 0.4) is 0 Å². The van der Waals surface area contributed by atoms with Crippen molar-refractivity contribution < 1.29 is 4.39 Å². The van der Waals surface area contributed by atoms with Crippen LogP contribution in [0.4, 0.5) is 4.39 Å². The van der Waals surface area contributed by atoms with E-state index in [2.05, 4.69) is 4.98 Å².